The van der Waals surface area contributed by atoms with Crippen molar-refractivity contribution < 1.29 is 13.6 Å². The number of fused-ring (bicyclic) bond motifs is 1. The zero-order chi connectivity index (χ0) is 22.0. The summed E-state index contributed by atoms with van der Waals surface area (Å²) in [5.74, 6) is -0.638. The van der Waals surface area contributed by atoms with E-state index in [2.05, 4.69) is 15.6 Å². The van der Waals surface area contributed by atoms with Crippen LogP contribution >= 0.6 is 0 Å². The lowest BCUT2D eigenvalue weighted by atomic mass is 9.99. The first kappa shape index (κ1) is 20.5. The Morgan fingerprint density at radius 3 is 2.58 bits per heavy atom. The van der Waals surface area contributed by atoms with Crippen LogP contribution in [0.2, 0.25) is 0 Å². The molecule has 2 N–H and O–H groups in total. The van der Waals surface area contributed by atoms with Crippen LogP contribution in [-0.4, -0.2) is 11.0 Å². The van der Waals surface area contributed by atoms with Gasteiger partial charge in [-0.05, 0) is 66.3 Å². The average molecular weight is 417 g/mol. The first-order chi connectivity index (χ1) is 14.8. The van der Waals surface area contributed by atoms with Crippen LogP contribution in [0.5, 0.6) is 0 Å². The van der Waals surface area contributed by atoms with Gasteiger partial charge in [-0.1, -0.05) is 36.4 Å². The van der Waals surface area contributed by atoms with Gasteiger partial charge in [-0.25, -0.2) is 13.6 Å². The number of aromatic nitrogens is 1. The van der Waals surface area contributed by atoms with E-state index in [1.165, 1.54) is 26.0 Å². The fourth-order valence-electron chi connectivity index (χ4n) is 3.41. The topological polar surface area (TPSA) is 54.0 Å². The van der Waals surface area contributed by atoms with Gasteiger partial charge in [-0.15, -0.1) is 0 Å². The van der Waals surface area contributed by atoms with E-state index in [1.807, 2.05) is 42.5 Å². The lowest BCUT2D eigenvalue weighted by molar-refractivity contribution is 0.221. The molecule has 4 rings (SSSR count). The van der Waals surface area contributed by atoms with E-state index in [-0.39, 0.29) is 11.3 Å². The zero-order valence-electron chi connectivity index (χ0n) is 17.1. The summed E-state index contributed by atoms with van der Waals surface area (Å²) in [6.45, 7) is 2.75. The van der Waals surface area contributed by atoms with Crippen molar-refractivity contribution in [1.82, 2.24) is 4.98 Å². The van der Waals surface area contributed by atoms with Gasteiger partial charge in [0.2, 0.25) is 0 Å². The van der Waals surface area contributed by atoms with Crippen LogP contribution in [-0.2, 0) is 5.67 Å². The number of rotatable bonds is 4. The van der Waals surface area contributed by atoms with Crippen LogP contribution in [0.15, 0.2) is 79.1 Å². The number of hydrogen-bond acceptors (Lipinski definition) is 2. The monoisotopic (exact) mass is 417 g/mol. The number of pyridine rings is 1. The molecule has 0 aliphatic rings. The molecule has 0 atom stereocenters. The molecule has 2 amide bonds. The molecule has 4 aromatic rings. The van der Waals surface area contributed by atoms with Gasteiger partial charge in [0.15, 0.2) is 0 Å². The first-order valence-corrected chi connectivity index (χ1v) is 9.81. The van der Waals surface area contributed by atoms with Crippen molar-refractivity contribution in [3.8, 4) is 11.1 Å². The van der Waals surface area contributed by atoms with E-state index in [4.69, 9.17) is 0 Å². The fourth-order valence-corrected chi connectivity index (χ4v) is 3.41. The Labute approximate surface area is 178 Å². The molecule has 156 valence electrons. The minimum Gasteiger partial charge on any atom is -0.308 e. The molecule has 1 heterocycles. The minimum atomic E-state index is -1.65. The van der Waals surface area contributed by atoms with Gasteiger partial charge in [-0.3, -0.25) is 4.98 Å². The van der Waals surface area contributed by atoms with Crippen molar-refractivity contribution in [1.29, 1.82) is 0 Å². The number of alkyl halides is 1. The SMILES string of the molecule is CC(C)(F)c1ccc(F)c(NC(=O)Nc2cccc(-c3cccc4cnccc34)c2)c1. The number of anilines is 2. The summed E-state index contributed by atoms with van der Waals surface area (Å²) in [6, 6.07) is 18.4. The molecule has 0 radical (unpaired) electrons. The standard InChI is InChI=1S/C25H21F2N3O/c1-25(2,27)18-9-10-22(26)23(14-18)30-24(31)29-19-7-3-5-16(13-19)20-8-4-6-17-15-28-12-11-21(17)20/h3-15H,1-2H3,(H2,29,30,31). The number of benzene rings is 3. The van der Waals surface area contributed by atoms with Crippen LogP contribution in [0.1, 0.15) is 19.4 Å². The second-order valence-corrected chi connectivity index (χ2v) is 7.73. The predicted octanol–water partition coefficient (Wildman–Crippen LogP) is 6.89. The third-order valence-electron chi connectivity index (χ3n) is 5.01. The van der Waals surface area contributed by atoms with Gasteiger partial charge in [0.05, 0.1) is 5.69 Å². The first-order valence-electron chi connectivity index (χ1n) is 9.81. The van der Waals surface area contributed by atoms with E-state index >= 15 is 0 Å². The van der Waals surface area contributed by atoms with Crippen molar-refractivity contribution >= 4 is 28.2 Å². The quantitative estimate of drug-likeness (QED) is 0.380. The van der Waals surface area contributed by atoms with Gasteiger partial charge < -0.3 is 10.6 Å². The van der Waals surface area contributed by atoms with Gasteiger partial charge in [0.1, 0.15) is 11.5 Å². The molecule has 0 spiro atoms. The van der Waals surface area contributed by atoms with E-state index < -0.39 is 17.5 Å². The number of nitrogens with one attached hydrogen (secondary N) is 2. The van der Waals surface area contributed by atoms with Gasteiger partial charge in [0.25, 0.3) is 0 Å². The average Bonchev–Trinajstić information content (AvgIpc) is 2.74. The summed E-state index contributed by atoms with van der Waals surface area (Å²) in [6.07, 6.45) is 3.54. The Balaban J connectivity index is 1.57. The van der Waals surface area contributed by atoms with Gasteiger partial charge in [-0.2, -0.15) is 0 Å². The highest BCUT2D eigenvalue weighted by Crippen LogP contribution is 2.30. The van der Waals surface area contributed by atoms with Gasteiger partial charge in [0, 0.05) is 23.5 Å². The molecule has 0 fully saturated rings. The second kappa shape index (κ2) is 8.14. The molecule has 0 saturated heterocycles. The van der Waals surface area contributed by atoms with Crippen molar-refractivity contribution in [3.05, 3.63) is 90.5 Å². The predicted molar refractivity (Wildman–Crippen MR) is 120 cm³/mol. The number of halogens is 2. The molecule has 3 aromatic carbocycles. The van der Waals surface area contributed by atoms with Crippen LogP contribution in [0.4, 0.5) is 25.0 Å². The third kappa shape index (κ3) is 4.53. The summed E-state index contributed by atoms with van der Waals surface area (Å²) < 4.78 is 28.3. The maximum atomic E-state index is 14.2. The normalized spacial score (nSPS) is 11.4. The second-order valence-electron chi connectivity index (χ2n) is 7.73. The van der Waals surface area contributed by atoms with Crippen LogP contribution in [0.3, 0.4) is 0 Å². The smallest absolute Gasteiger partial charge is 0.308 e. The molecule has 0 aliphatic heterocycles. The highest BCUT2D eigenvalue weighted by atomic mass is 19.1. The number of urea groups is 1. The zero-order valence-corrected chi connectivity index (χ0v) is 17.1. The highest BCUT2D eigenvalue weighted by Gasteiger charge is 2.20. The van der Waals surface area contributed by atoms with E-state index in [1.54, 1.807) is 18.5 Å². The molecule has 1 aromatic heterocycles. The van der Waals surface area contributed by atoms with Crippen molar-refractivity contribution in [2.24, 2.45) is 0 Å². The maximum absolute atomic E-state index is 14.2. The summed E-state index contributed by atoms with van der Waals surface area (Å²) in [4.78, 5) is 16.6. The van der Waals surface area contributed by atoms with E-state index in [0.29, 0.717) is 5.69 Å². The summed E-state index contributed by atoms with van der Waals surface area (Å²) >= 11 is 0. The Morgan fingerprint density at radius 2 is 1.77 bits per heavy atom. The number of hydrogen-bond donors (Lipinski definition) is 2. The van der Waals surface area contributed by atoms with Crippen molar-refractivity contribution in [2.75, 3.05) is 10.6 Å². The summed E-state index contributed by atoms with van der Waals surface area (Å²) in [7, 11) is 0. The molecule has 0 aliphatic carbocycles. The molecular formula is C25H21F2N3O. The van der Waals surface area contributed by atoms with Crippen LogP contribution < -0.4 is 10.6 Å². The molecule has 31 heavy (non-hydrogen) atoms. The Hall–Kier alpha value is -3.80. The molecule has 4 nitrogen and oxygen atoms in total. The molecule has 0 saturated carbocycles. The fraction of sp³-hybridized carbons (Fsp3) is 0.120. The largest absolute Gasteiger partial charge is 0.323 e. The van der Waals surface area contributed by atoms with E-state index in [9.17, 15) is 13.6 Å². The lowest BCUT2D eigenvalue weighted by Crippen LogP contribution is -2.21. The lowest BCUT2D eigenvalue weighted by Gasteiger charge is -2.17. The number of amides is 2. The van der Waals surface area contributed by atoms with E-state index in [0.717, 1.165) is 28.0 Å². The molecular weight excluding hydrogens is 396 g/mol. The van der Waals surface area contributed by atoms with Crippen LogP contribution in [0.25, 0.3) is 21.9 Å². The molecule has 6 heteroatoms. The third-order valence-corrected chi connectivity index (χ3v) is 5.01. The number of nitrogens with zero attached hydrogens (tertiary/aromatic N) is 1. The Kier molecular flexibility index (Phi) is 5.38. The summed E-state index contributed by atoms with van der Waals surface area (Å²) in [5, 5.41) is 7.24. The maximum Gasteiger partial charge on any atom is 0.323 e. The minimum absolute atomic E-state index is 0.0848. The molecule has 0 bridgehead atoms. The number of carbonyl (C=O) groups is 1. The molecule has 0 unspecified atom stereocenters. The van der Waals surface area contributed by atoms with Crippen molar-refractivity contribution in [3.63, 3.8) is 0 Å². The van der Waals surface area contributed by atoms with Gasteiger partial charge >= 0.3 is 6.03 Å². The Morgan fingerprint density at radius 1 is 0.968 bits per heavy atom. The van der Waals surface area contributed by atoms with Crippen LogP contribution in [0, 0.1) is 5.82 Å². The highest BCUT2D eigenvalue weighted by molar-refractivity contribution is 6.01. The van der Waals surface area contributed by atoms with Crippen molar-refractivity contribution in [2.45, 2.75) is 19.5 Å². The number of carbonyl (C=O) groups excluding carboxylic acids is 1. The summed E-state index contributed by atoms with van der Waals surface area (Å²) in [5.41, 5.74) is 1.01. The Bertz CT molecular complexity index is 1260.